The van der Waals surface area contributed by atoms with E-state index in [1.54, 1.807) is 0 Å². The van der Waals surface area contributed by atoms with Crippen molar-refractivity contribution in [2.24, 2.45) is 7.05 Å². The maximum absolute atomic E-state index is 12.4. The number of nitro groups is 2. The molecule has 2 aromatic carbocycles. The van der Waals surface area contributed by atoms with Gasteiger partial charge in [0, 0.05) is 25.0 Å². The maximum atomic E-state index is 12.4. The molecule has 0 radical (unpaired) electrons. The van der Waals surface area contributed by atoms with Gasteiger partial charge in [-0.15, -0.1) is 0 Å². The van der Waals surface area contributed by atoms with Crippen LogP contribution in [-0.2, 0) is 13.6 Å². The Hall–Kier alpha value is -3.46. The number of non-ortho nitro benzene ring substituents is 2. The Morgan fingerprint density at radius 3 is 2.37 bits per heavy atom. The molecule has 1 N–H and O–H groups in total. The summed E-state index contributed by atoms with van der Waals surface area (Å²) in [6.45, 7) is 0.277. The largest absolute Gasteiger partial charge is 0.379 e. The van der Waals surface area contributed by atoms with Crippen LogP contribution in [0.2, 0.25) is 5.02 Å². The standard InChI is InChI=1S/C17H13ClN4O5/c1-20-16-12(7-11(21(24)25)8-13(16)22(26)27)15(14(18)17(20)23)19-9-10-5-3-2-4-6-10/h2-8,19H,9H2,1H3. The van der Waals surface area contributed by atoms with Crippen molar-refractivity contribution in [2.45, 2.75) is 6.54 Å². The van der Waals surface area contributed by atoms with Gasteiger partial charge in [0.25, 0.3) is 11.2 Å². The Bertz CT molecular complexity index is 1130. The summed E-state index contributed by atoms with van der Waals surface area (Å²) in [5, 5.41) is 25.6. The van der Waals surface area contributed by atoms with Crippen LogP contribution in [0.5, 0.6) is 0 Å². The molecule has 0 aliphatic carbocycles. The van der Waals surface area contributed by atoms with E-state index in [4.69, 9.17) is 11.6 Å². The van der Waals surface area contributed by atoms with Crippen molar-refractivity contribution in [1.29, 1.82) is 0 Å². The van der Waals surface area contributed by atoms with Crippen LogP contribution in [0.4, 0.5) is 17.1 Å². The van der Waals surface area contributed by atoms with Crippen molar-refractivity contribution in [2.75, 3.05) is 5.32 Å². The van der Waals surface area contributed by atoms with Crippen molar-refractivity contribution in [3.8, 4) is 0 Å². The van der Waals surface area contributed by atoms with Gasteiger partial charge in [0.15, 0.2) is 0 Å². The van der Waals surface area contributed by atoms with Crippen molar-refractivity contribution in [3.63, 3.8) is 0 Å². The molecule has 0 amide bonds. The second-order valence-electron chi connectivity index (χ2n) is 5.77. The molecule has 0 fully saturated rings. The number of aromatic nitrogens is 1. The smallest absolute Gasteiger partial charge is 0.300 e. The summed E-state index contributed by atoms with van der Waals surface area (Å²) in [6.07, 6.45) is 0. The molecular weight excluding hydrogens is 376 g/mol. The number of nitrogens with one attached hydrogen (secondary N) is 1. The van der Waals surface area contributed by atoms with E-state index >= 15 is 0 Å². The summed E-state index contributed by atoms with van der Waals surface area (Å²) in [5.41, 5.74) is -0.704. The molecular formula is C17H13ClN4O5. The first-order chi connectivity index (χ1) is 12.8. The van der Waals surface area contributed by atoms with E-state index in [1.165, 1.54) is 13.1 Å². The number of benzene rings is 2. The van der Waals surface area contributed by atoms with Gasteiger partial charge in [-0.25, -0.2) is 0 Å². The van der Waals surface area contributed by atoms with Crippen LogP contribution in [0.3, 0.4) is 0 Å². The highest BCUT2D eigenvalue weighted by Crippen LogP contribution is 2.36. The number of rotatable bonds is 5. The molecule has 0 aliphatic heterocycles. The van der Waals surface area contributed by atoms with E-state index in [-0.39, 0.29) is 28.2 Å². The fourth-order valence-electron chi connectivity index (χ4n) is 2.83. The number of anilines is 1. The third-order valence-electron chi connectivity index (χ3n) is 4.11. The van der Waals surface area contributed by atoms with Crippen LogP contribution < -0.4 is 10.9 Å². The summed E-state index contributed by atoms with van der Waals surface area (Å²) in [4.78, 5) is 33.6. The molecule has 0 saturated carbocycles. The molecule has 10 heteroatoms. The molecule has 27 heavy (non-hydrogen) atoms. The minimum atomic E-state index is -0.760. The molecule has 9 nitrogen and oxygen atoms in total. The van der Waals surface area contributed by atoms with Crippen molar-refractivity contribution in [1.82, 2.24) is 4.57 Å². The first-order valence-electron chi connectivity index (χ1n) is 7.74. The number of hydrogen-bond acceptors (Lipinski definition) is 6. The van der Waals surface area contributed by atoms with E-state index in [0.29, 0.717) is 0 Å². The van der Waals surface area contributed by atoms with Gasteiger partial charge in [-0.3, -0.25) is 25.0 Å². The van der Waals surface area contributed by atoms with E-state index < -0.39 is 26.8 Å². The highest BCUT2D eigenvalue weighted by atomic mass is 35.5. The van der Waals surface area contributed by atoms with Gasteiger partial charge in [0.1, 0.15) is 10.5 Å². The summed E-state index contributed by atoms with van der Waals surface area (Å²) < 4.78 is 1.02. The first-order valence-corrected chi connectivity index (χ1v) is 8.12. The zero-order valence-corrected chi connectivity index (χ0v) is 14.8. The number of nitro benzene ring substituents is 2. The predicted octanol–water partition coefficient (Wildman–Crippen LogP) is 3.62. The van der Waals surface area contributed by atoms with Crippen LogP contribution in [0, 0.1) is 20.2 Å². The zero-order valence-electron chi connectivity index (χ0n) is 14.0. The monoisotopic (exact) mass is 388 g/mol. The van der Waals surface area contributed by atoms with Gasteiger partial charge >= 0.3 is 5.69 Å². The molecule has 3 rings (SSSR count). The van der Waals surface area contributed by atoms with Gasteiger partial charge in [0.05, 0.1) is 21.6 Å². The van der Waals surface area contributed by atoms with E-state index in [0.717, 1.165) is 16.2 Å². The molecule has 0 atom stereocenters. The summed E-state index contributed by atoms with van der Waals surface area (Å²) in [5.74, 6) is 0. The molecule has 0 saturated heterocycles. The SMILES string of the molecule is Cn1c(=O)c(Cl)c(NCc2ccccc2)c2cc([N+](=O)[O-])cc([N+](=O)[O-])c21. The Morgan fingerprint density at radius 2 is 1.78 bits per heavy atom. The molecule has 3 aromatic rings. The van der Waals surface area contributed by atoms with Crippen molar-refractivity contribution >= 4 is 39.6 Å². The highest BCUT2D eigenvalue weighted by Gasteiger charge is 2.26. The van der Waals surface area contributed by atoms with Crippen LogP contribution >= 0.6 is 11.6 Å². The normalized spacial score (nSPS) is 10.7. The number of aryl methyl sites for hydroxylation is 1. The van der Waals surface area contributed by atoms with E-state index in [9.17, 15) is 25.0 Å². The Morgan fingerprint density at radius 1 is 1.11 bits per heavy atom. The van der Waals surface area contributed by atoms with Gasteiger partial charge in [-0.1, -0.05) is 41.9 Å². The first kappa shape index (κ1) is 18.3. The zero-order chi connectivity index (χ0) is 19.7. The van der Waals surface area contributed by atoms with Gasteiger partial charge in [0.2, 0.25) is 0 Å². The lowest BCUT2D eigenvalue weighted by atomic mass is 10.1. The van der Waals surface area contributed by atoms with Crippen LogP contribution in [0.1, 0.15) is 5.56 Å². The van der Waals surface area contributed by atoms with E-state index in [2.05, 4.69) is 5.32 Å². The number of fused-ring (bicyclic) bond motifs is 1. The van der Waals surface area contributed by atoms with Gasteiger partial charge < -0.3 is 9.88 Å². The van der Waals surface area contributed by atoms with Gasteiger partial charge in [-0.2, -0.15) is 0 Å². The second-order valence-corrected chi connectivity index (χ2v) is 6.15. The fourth-order valence-corrected chi connectivity index (χ4v) is 3.12. The molecule has 0 aliphatic rings. The van der Waals surface area contributed by atoms with Gasteiger partial charge in [-0.05, 0) is 5.56 Å². The summed E-state index contributed by atoms with van der Waals surface area (Å²) in [6, 6.07) is 11.2. The lowest BCUT2D eigenvalue weighted by Gasteiger charge is -2.14. The Balaban J connectivity index is 2.29. The van der Waals surface area contributed by atoms with E-state index in [1.807, 2.05) is 30.3 Å². The molecule has 0 bridgehead atoms. The number of hydrogen-bond donors (Lipinski definition) is 1. The number of pyridine rings is 1. The quantitative estimate of drug-likeness (QED) is 0.526. The minimum absolute atomic E-state index is 0.0458. The fraction of sp³-hybridized carbons (Fsp3) is 0.118. The highest BCUT2D eigenvalue weighted by molar-refractivity contribution is 6.34. The average molecular weight is 389 g/mol. The van der Waals surface area contributed by atoms with Crippen molar-refractivity contribution in [3.05, 3.63) is 83.6 Å². The number of halogens is 1. The molecule has 138 valence electrons. The molecule has 1 aromatic heterocycles. The maximum Gasteiger partial charge on any atom is 0.300 e. The molecule has 0 spiro atoms. The third kappa shape index (κ3) is 3.32. The van der Waals surface area contributed by atoms with Crippen molar-refractivity contribution < 1.29 is 9.85 Å². The van der Waals surface area contributed by atoms with Crippen LogP contribution in [0.25, 0.3) is 10.9 Å². The average Bonchev–Trinajstić information content (AvgIpc) is 2.65. The summed E-state index contributed by atoms with van der Waals surface area (Å²) >= 11 is 6.17. The molecule has 1 heterocycles. The third-order valence-corrected chi connectivity index (χ3v) is 4.46. The van der Waals surface area contributed by atoms with Crippen LogP contribution in [-0.4, -0.2) is 14.4 Å². The predicted molar refractivity (Wildman–Crippen MR) is 101 cm³/mol. The molecule has 0 unspecified atom stereocenters. The Labute approximate surface area is 157 Å². The minimum Gasteiger partial charge on any atom is -0.379 e. The number of nitrogens with zero attached hydrogens (tertiary/aromatic N) is 3. The summed E-state index contributed by atoms with van der Waals surface area (Å²) in [7, 11) is 1.33. The Kier molecular flexibility index (Phi) is 4.78. The topological polar surface area (TPSA) is 120 Å². The lowest BCUT2D eigenvalue weighted by molar-refractivity contribution is -0.393. The lowest BCUT2D eigenvalue weighted by Crippen LogP contribution is -2.20. The van der Waals surface area contributed by atoms with Crippen LogP contribution in [0.15, 0.2) is 47.3 Å². The second kappa shape index (κ2) is 7.04.